The number of carbonyl (C=O) groups excluding carboxylic acids is 2. The molecule has 2 aromatic rings. The SMILES string of the molecule is O=C(C1CCCC1)N(CC(=O)N1CCc2sccc2C1COc1ccccc1F)C1CC1. The second-order valence-corrected chi connectivity index (χ2v) is 10.1. The first-order valence-electron chi connectivity index (χ1n) is 11.7. The summed E-state index contributed by atoms with van der Waals surface area (Å²) in [6, 6.07) is 8.31. The van der Waals surface area contributed by atoms with Gasteiger partial charge in [-0.2, -0.15) is 0 Å². The third kappa shape index (κ3) is 4.40. The number of nitrogens with zero attached hydrogens (tertiary/aromatic N) is 2. The van der Waals surface area contributed by atoms with Crippen LogP contribution in [-0.2, 0) is 16.0 Å². The van der Waals surface area contributed by atoms with Crippen molar-refractivity contribution < 1.29 is 18.7 Å². The number of para-hydroxylation sites is 1. The predicted molar refractivity (Wildman–Crippen MR) is 121 cm³/mol. The van der Waals surface area contributed by atoms with Gasteiger partial charge >= 0.3 is 0 Å². The zero-order valence-corrected chi connectivity index (χ0v) is 19.0. The highest BCUT2D eigenvalue weighted by molar-refractivity contribution is 7.10. The minimum absolute atomic E-state index is 0.0396. The highest BCUT2D eigenvalue weighted by atomic mass is 32.1. The van der Waals surface area contributed by atoms with Crippen LogP contribution in [0.2, 0.25) is 0 Å². The summed E-state index contributed by atoms with van der Waals surface area (Å²) in [5.74, 6) is -0.0199. The molecule has 5 rings (SSSR count). The van der Waals surface area contributed by atoms with Gasteiger partial charge in [-0.05, 0) is 61.2 Å². The van der Waals surface area contributed by atoms with Gasteiger partial charge in [0, 0.05) is 23.4 Å². The molecule has 5 nitrogen and oxygen atoms in total. The Morgan fingerprint density at radius 1 is 1.12 bits per heavy atom. The zero-order valence-electron chi connectivity index (χ0n) is 18.2. The lowest BCUT2D eigenvalue weighted by atomic mass is 10.00. The average molecular weight is 457 g/mol. The van der Waals surface area contributed by atoms with E-state index >= 15 is 0 Å². The van der Waals surface area contributed by atoms with Crippen LogP contribution in [0.5, 0.6) is 5.75 Å². The molecule has 3 aliphatic rings. The van der Waals surface area contributed by atoms with Crippen molar-refractivity contribution in [3.63, 3.8) is 0 Å². The molecule has 0 bridgehead atoms. The smallest absolute Gasteiger partial charge is 0.242 e. The van der Waals surface area contributed by atoms with Crippen molar-refractivity contribution in [1.82, 2.24) is 9.80 Å². The Balaban J connectivity index is 1.32. The van der Waals surface area contributed by atoms with Crippen LogP contribution in [0.3, 0.4) is 0 Å². The molecule has 2 saturated carbocycles. The molecule has 2 fully saturated rings. The number of thiophene rings is 1. The maximum Gasteiger partial charge on any atom is 0.242 e. The van der Waals surface area contributed by atoms with Crippen molar-refractivity contribution >= 4 is 23.2 Å². The first-order valence-corrected chi connectivity index (χ1v) is 12.5. The van der Waals surface area contributed by atoms with E-state index in [1.165, 1.54) is 10.9 Å². The van der Waals surface area contributed by atoms with E-state index in [1.807, 2.05) is 21.2 Å². The van der Waals surface area contributed by atoms with E-state index in [1.54, 1.807) is 29.5 Å². The molecular weight excluding hydrogens is 427 g/mol. The number of hydrogen-bond acceptors (Lipinski definition) is 4. The van der Waals surface area contributed by atoms with E-state index in [2.05, 4.69) is 0 Å². The van der Waals surface area contributed by atoms with Crippen molar-refractivity contribution in [2.24, 2.45) is 5.92 Å². The monoisotopic (exact) mass is 456 g/mol. The molecule has 0 saturated heterocycles. The number of carbonyl (C=O) groups is 2. The number of amides is 2. The summed E-state index contributed by atoms with van der Waals surface area (Å²) >= 11 is 1.69. The van der Waals surface area contributed by atoms with Crippen molar-refractivity contribution in [2.75, 3.05) is 19.7 Å². The molecule has 170 valence electrons. The first-order chi connectivity index (χ1) is 15.6. The van der Waals surface area contributed by atoms with Crippen LogP contribution < -0.4 is 4.74 Å². The molecule has 32 heavy (non-hydrogen) atoms. The predicted octanol–water partition coefficient (Wildman–Crippen LogP) is 4.57. The standard InChI is InChI=1S/C25H29FN2O3S/c26-20-7-3-4-8-22(20)31-16-21-19-12-14-32-23(19)11-13-27(21)24(29)15-28(18-9-10-18)25(30)17-5-1-2-6-17/h3-4,7-8,12,14,17-18,21H,1-2,5-6,9-11,13,15-16H2. The maximum atomic E-state index is 14.1. The molecule has 2 heterocycles. The normalized spacial score (nSPS) is 20.8. The van der Waals surface area contributed by atoms with Crippen LogP contribution in [0.1, 0.15) is 55.0 Å². The quantitative estimate of drug-likeness (QED) is 0.613. The van der Waals surface area contributed by atoms with Gasteiger partial charge in [-0.1, -0.05) is 25.0 Å². The van der Waals surface area contributed by atoms with E-state index in [0.717, 1.165) is 50.5 Å². The summed E-state index contributed by atoms with van der Waals surface area (Å²) < 4.78 is 19.9. The number of fused-ring (bicyclic) bond motifs is 1. The summed E-state index contributed by atoms with van der Waals surface area (Å²) in [4.78, 5) is 31.5. The first kappa shape index (κ1) is 21.4. The highest BCUT2D eigenvalue weighted by Crippen LogP contribution is 2.36. The van der Waals surface area contributed by atoms with Crippen molar-refractivity contribution in [3.05, 3.63) is 52.0 Å². The largest absolute Gasteiger partial charge is 0.488 e. The van der Waals surface area contributed by atoms with Crippen molar-refractivity contribution in [1.29, 1.82) is 0 Å². The van der Waals surface area contributed by atoms with E-state index < -0.39 is 5.82 Å². The minimum Gasteiger partial charge on any atom is -0.488 e. The second-order valence-electron chi connectivity index (χ2n) is 9.07. The fourth-order valence-corrected chi connectivity index (χ4v) is 5.95. The van der Waals surface area contributed by atoms with Gasteiger partial charge in [0.25, 0.3) is 0 Å². The Hall–Kier alpha value is -2.41. The summed E-state index contributed by atoms with van der Waals surface area (Å²) in [5, 5.41) is 2.04. The van der Waals surface area contributed by atoms with Gasteiger partial charge in [0.05, 0.1) is 6.04 Å². The van der Waals surface area contributed by atoms with Gasteiger partial charge in [0.1, 0.15) is 13.2 Å². The van der Waals surface area contributed by atoms with Gasteiger partial charge in [-0.3, -0.25) is 9.59 Å². The van der Waals surface area contributed by atoms with Crippen molar-refractivity contribution in [2.45, 2.75) is 57.0 Å². The number of hydrogen-bond donors (Lipinski definition) is 0. The maximum absolute atomic E-state index is 14.1. The molecule has 0 spiro atoms. The average Bonchev–Trinajstić information content (AvgIpc) is 3.28. The molecular formula is C25H29FN2O3S. The Morgan fingerprint density at radius 2 is 1.91 bits per heavy atom. The molecule has 0 radical (unpaired) electrons. The van der Waals surface area contributed by atoms with E-state index in [9.17, 15) is 14.0 Å². The third-order valence-corrected chi connectivity index (χ3v) is 7.93. The number of ether oxygens (including phenoxy) is 1. The molecule has 1 atom stereocenters. The molecule has 2 amide bonds. The zero-order chi connectivity index (χ0) is 22.1. The number of benzene rings is 1. The molecule has 1 aliphatic heterocycles. The molecule has 1 aromatic carbocycles. The van der Waals surface area contributed by atoms with Crippen LogP contribution in [0.15, 0.2) is 35.7 Å². The van der Waals surface area contributed by atoms with Crippen LogP contribution in [0.25, 0.3) is 0 Å². The Bertz CT molecular complexity index is 983. The van der Waals surface area contributed by atoms with Crippen LogP contribution in [0.4, 0.5) is 4.39 Å². The number of halogens is 1. The van der Waals surface area contributed by atoms with Crippen LogP contribution in [-0.4, -0.2) is 47.4 Å². The molecule has 0 N–H and O–H groups in total. The fourth-order valence-electron chi connectivity index (χ4n) is 5.02. The topological polar surface area (TPSA) is 49.9 Å². The van der Waals surface area contributed by atoms with Gasteiger partial charge in [0.2, 0.25) is 11.8 Å². The lowest BCUT2D eigenvalue weighted by molar-refractivity contribution is -0.145. The van der Waals surface area contributed by atoms with E-state index in [0.29, 0.717) is 6.54 Å². The molecule has 7 heteroatoms. The summed E-state index contributed by atoms with van der Waals surface area (Å²) in [5.41, 5.74) is 1.08. The Kier molecular flexibility index (Phi) is 6.17. The molecule has 2 aliphatic carbocycles. The van der Waals surface area contributed by atoms with Gasteiger partial charge < -0.3 is 14.5 Å². The van der Waals surface area contributed by atoms with Gasteiger partial charge in [-0.15, -0.1) is 11.3 Å². The summed E-state index contributed by atoms with van der Waals surface area (Å²) in [6.45, 7) is 0.917. The Morgan fingerprint density at radius 3 is 2.66 bits per heavy atom. The van der Waals surface area contributed by atoms with Crippen molar-refractivity contribution in [3.8, 4) is 5.75 Å². The summed E-state index contributed by atoms with van der Waals surface area (Å²) in [7, 11) is 0. The molecule has 1 unspecified atom stereocenters. The van der Waals surface area contributed by atoms with E-state index in [4.69, 9.17) is 4.74 Å². The highest BCUT2D eigenvalue weighted by Gasteiger charge is 2.40. The van der Waals surface area contributed by atoms with Gasteiger partial charge in [0.15, 0.2) is 11.6 Å². The summed E-state index contributed by atoms with van der Waals surface area (Å²) in [6.07, 6.45) is 6.86. The minimum atomic E-state index is -0.409. The third-order valence-electron chi connectivity index (χ3n) is 6.93. The lowest BCUT2D eigenvalue weighted by Crippen LogP contribution is -2.49. The van der Waals surface area contributed by atoms with Crippen LogP contribution >= 0.6 is 11.3 Å². The van der Waals surface area contributed by atoms with Crippen LogP contribution in [0, 0.1) is 11.7 Å². The molecule has 1 aromatic heterocycles. The fraction of sp³-hybridized carbons (Fsp3) is 0.520. The number of rotatable bonds is 7. The lowest BCUT2D eigenvalue weighted by Gasteiger charge is -2.37. The van der Waals surface area contributed by atoms with Gasteiger partial charge in [-0.25, -0.2) is 4.39 Å². The Labute approximate surface area is 192 Å². The van der Waals surface area contributed by atoms with E-state index in [-0.39, 0.29) is 48.7 Å². The second kappa shape index (κ2) is 9.22.